The third-order valence-electron chi connectivity index (χ3n) is 4.85. The van der Waals surface area contributed by atoms with Crippen molar-refractivity contribution in [3.8, 4) is 0 Å². The summed E-state index contributed by atoms with van der Waals surface area (Å²) in [6, 6.07) is 11.2. The fourth-order valence-electron chi connectivity index (χ4n) is 3.38. The molecule has 2 fully saturated rings. The van der Waals surface area contributed by atoms with Crippen LogP contribution in [0, 0.1) is 0 Å². The van der Waals surface area contributed by atoms with E-state index in [1.165, 1.54) is 0 Å². The molecule has 0 bridgehead atoms. The molecule has 27 heavy (non-hydrogen) atoms. The van der Waals surface area contributed by atoms with Gasteiger partial charge >= 0.3 is 0 Å². The number of amides is 2. The van der Waals surface area contributed by atoms with Crippen molar-refractivity contribution in [2.24, 2.45) is 0 Å². The molecule has 2 aliphatic heterocycles. The van der Waals surface area contributed by atoms with E-state index in [0.29, 0.717) is 24.4 Å². The predicted molar refractivity (Wildman–Crippen MR) is 102 cm³/mol. The third kappa shape index (κ3) is 4.20. The number of carbonyl (C=O) groups excluding carboxylic acids is 2. The van der Waals surface area contributed by atoms with Crippen LogP contribution in [0.3, 0.4) is 0 Å². The zero-order valence-electron chi connectivity index (χ0n) is 14.9. The molecular weight excluding hydrogens is 364 g/mol. The molecule has 2 saturated heterocycles. The molecule has 1 N–H and O–H groups in total. The zero-order chi connectivity index (χ0) is 18.6. The van der Waals surface area contributed by atoms with E-state index in [1.54, 1.807) is 18.0 Å². The summed E-state index contributed by atoms with van der Waals surface area (Å²) in [5.41, 5.74) is 1.62. The molecule has 0 aliphatic carbocycles. The average molecular weight is 386 g/mol. The molecule has 2 amide bonds. The fraction of sp³-hybridized carbons (Fsp3) is 0.400. The van der Waals surface area contributed by atoms with Gasteiger partial charge < -0.3 is 19.4 Å². The van der Waals surface area contributed by atoms with Crippen molar-refractivity contribution in [2.75, 3.05) is 18.9 Å². The lowest BCUT2D eigenvalue weighted by Crippen LogP contribution is -2.31. The summed E-state index contributed by atoms with van der Waals surface area (Å²) in [4.78, 5) is 26.4. The molecular formula is C20H22N2O4S. The van der Waals surface area contributed by atoms with E-state index in [9.17, 15) is 9.59 Å². The van der Waals surface area contributed by atoms with Gasteiger partial charge in [-0.15, -0.1) is 11.8 Å². The SMILES string of the molecule is O=C(NC[C@H]1CCCO1)c1ccc([C@@H]2SCC(=O)N2Cc2ccco2)cc1. The van der Waals surface area contributed by atoms with E-state index in [2.05, 4.69) is 5.32 Å². The molecule has 1 aromatic carbocycles. The van der Waals surface area contributed by atoms with Gasteiger partial charge in [0.15, 0.2) is 0 Å². The molecule has 4 rings (SSSR count). The summed E-state index contributed by atoms with van der Waals surface area (Å²) in [7, 11) is 0. The van der Waals surface area contributed by atoms with Crippen LogP contribution in [0.2, 0.25) is 0 Å². The van der Waals surface area contributed by atoms with Crippen molar-refractivity contribution in [3.05, 3.63) is 59.5 Å². The van der Waals surface area contributed by atoms with E-state index in [0.717, 1.165) is 30.8 Å². The summed E-state index contributed by atoms with van der Waals surface area (Å²) in [5, 5.41) is 2.87. The molecule has 2 aliphatic rings. The first-order valence-electron chi connectivity index (χ1n) is 9.14. The van der Waals surface area contributed by atoms with Crippen LogP contribution in [0.4, 0.5) is 0 Å². The van der Waals surface area contributed by atoms with Gasteiger partial charge in [-0.25, -0.2) is 0 Å². The second-order valence-corrected chi connectivity index (χ2v) is 7.80. The van der Waals surface area contributed by atoms with Gasteiger partial charge in [0.05, 0.1) is 24.7 Å². The Morgan fingerprint density at radius 1 is 1.26 bits per heavy atom. The largest absolute Gasteiger partial charge is 0.467 e. The molecule has 0 radical (unpaired) electrons. The van der Waals surface area contributed by atoms with E-state index in [1.807, 2.05) is 41.3 Å². The lowest BCUT2D eigenvalue weighted by Gasteiger charge is -2.23. The standard InChI is InChI=1S/C20H22N2O4S/c23-18-13-27-20(22(18)12-17-4-2-10-26-17)15-7-5-14(6-8-15)19(24)21-11-16-3-1-9-25-16/h2,4-8,10,16,20H,1,3,9,11-13H2,(H,21,24)/t16-,20+/m1/s1. The molecule has 6 nitrogen and oxygen atoms in total. The van der Waals surface area contributed by atoms with Crippen LogP contribution in [0.5, 0.6) is 0 Å². The van der Waals surface area contributed by atoms with Crippen molar-refractivity contribution in [3.63, 3.8) is 0 Å². The highest BCUT2D eigenvalue weighted by molar-refractivity contribution is 8.00. The first-order valence-corrected chi connectivity index (χ1v) is 10.2. The highest BCUT2D eigenvalue weighted by Crippen LogP contribution is 2.39. The van der Waals surface area contributed by atoms with Crippen LogP contribution < -0.4 is 5.32 Å². The minimum absolute atomic E-state index is 0.0633. The first-order chi connectivity index (χ1) is 13.2. The number of ether oxygens (including phenoxy) is 1. The van der Waals surface area contributed by atoms with Gasteiger partial charge in [0, 0.05) is 18.7 Å². The van der Waals surface area contributed by atoms with Crippen molar-refractivity contribution in [1.29, 1.82) is 0 Å². The summed E-state index contributed by atoms with van der Waals surface area (Å²) in [6.07, 6.45) is 3.80. The Bertz CT molecular complexity index is 785. The van der Waals surface area contributed by atoms with Crippen LogP contribution in [0.15, 0.2) is 47.1 Å². The molecule has 2 aromatic rings. The van der Waals surface area contributed by atoms with E-state index in [4.69, 9.17) is 9.15 Å². The fourth-order valence-corrected chi connectivity index (χ4v) is 4.57. The van der Waals surface area contributed by atoms with Gasteiger partial charge in [-0.1, -0.05) is 12.1 Å². The predicted octanol–water partition coefficient (Wildman–Crippen LogP) is 2.96. The van der Waals surface area contributed by atoms with Gasteiger partial charge in [-0.3, -0.25) is 9.59 Å². The normalized spacial score (nSPS) is 22.4. The van der Waals surface area contributed by atoms with Gasteiger partial charge in [0.1, 0.15) is 11.1 Å². The number of hydrogen-bond acceptors (Lipinski definition) is 5. The number of thioether (sulfide) groups is 1. The summed E-state index contributed by atoms with van der Waals surface area (Å²) >= 11 is 1.59. The van der Waals surface area contributed by atoms with Crippen LogP contribution in [-0.4, -0.2) is 41.7 Å². The molecule has 142 valence electrons. The summed E-state index contributed by atoms with van der Waals surface area (Å²) in [6.45, 7) is 1.78. The monoisotopic (exact) mass is 386 g/mol. The lowest BCUT2D eigenvalue weighted by atomic mass is 10.1. The maximum atomic E-state index is 12.3. The smallest absolute Gasteiger partial charge is 0.251 e. The maximum absolute atomic E-state index is 12.3. The highest BCUT2D eigenvalue weighted by atomic mass is 32.2. The van der Waals surface area contributed by atoms with Gasteiger partial charge in [-0.2, -0.15) is 0 Å². The number of rotatable bonds is 6. The lowest BCUT2D eigenvalue weighted by molar-refractivity contribution is -0.128. The van der Waals surface area contributed by atoms with E-state index < -0.39 is 0 Å². The van der Waals surface area contributed by atoms with Gasteiger partial charge in [-0.05, 0) is 42.7 Å². The molecule has 7 heteroatoms. The Hall–Kier alpha value is -2.25. The second-order valence-electron chi connectivity index (χ2n) is 6.73. The Labute approximate surface area is 162 Å². The molecule has 0 spiro atoms. The molecule has 2 atom stereocenters. The van der Waals surface area contributed by atoms with Crippen molar-refractivity contribution in [1.82, 2.24) is 10.2 Å². The second kappa shape index (κ2) is 8.19. The number of furan rings is 1. The van der Waals surface area contributed by atoms with Crippen LogP contribution >= 0.6 is 11.8 Å². The average Bonchev–Trinajstić information content (AvgIpc) is 3.44. The van der Waals surface area contributed by atoms with Crippen LogP contribution in [0.1, 0.15) is 39.9 Å². The number of benzene rings is 1. The number of carbonyl (C=O) groups is 2. The van der Waals surface area contributed by atoms with Crippen molar-refractivity contribution in [2.45, 2.75) is 30.9 Å². The Kier molecular flexibility index (Phi) is 5.50. The number of nitrogens with zero attached hydrogens (tertiary/aromatic N) is 1. The maximum Gasteiger partial charge on any atom is 0.251 e. The Balaban J connectivity index is 1.40. The van der Waals surface area contributed by atoms with E-state index in [-0.39, 0.29) is 23.3 Å². The third-order valence-corrected chi connectivity index (χ3v) is 6.10. The Morgan fingerprint density at radius 3 is 2.81 bits per heavy atom. The first kappa shape index (κ1) is 18.1. The summed E-state index contributed by atoms with van der Waals surface area (Å²) < 4.78 is 10.9. The molecule has 0 unspecified atom stereocenters. The minimum atomic E-state index is -0.0976. The summed E-state index contributed by atoms with van der Waals surface area (Å²) in [5.74, 6) is 1.22. The molecule has 0 saturated carbocycles. The van der Waals surface area contributed by atoms with E-state index >= 15 is 0 Å². The topological polar surface area (TPSA) is 71.8 Å². The van der Waals surface area contributed by atoms with Crippen LogP contribution in [-0.2, 0) is 16.1 Å². The van der Waals surface area contributed by atoms with Crippen molar-refractivity contribution < 1.29 is 18.7 Å². The quantitative estimate of drug-likeness (QED) is 0.826. The number of nitrogens with one attached hydrogen (secondary N) is 1. The van der Waals surface area contributed by atoms with Gasteiger partial charge in [0.2, 0.25) is 5.91 Å². The number of hydrogen-bond donors (Lipinski definition) is 1. The molecule has 3 heterocycles. The highest BCUT2D eigenvalue weighted by Gasteiger charge is 2.33. The zero-order valence-corrected chi connectivity index (χ0v) is 15.7. The van der Waals surface area contributed by atoms with Gasteiger partial charge in [0.25, 0.3) is 5.91 Å². The van der Waals surface area contributed by atoms with Crippen LogP contribution in [0.25, 0.3) is 0 Å². The van der Waals surface area contributed by atoms with Crippen molar-refractivity contribution >= 4 is 23.6 Å². The Morgan fingerprint density at radius 2 is 2.11 bits per heavy atom. The molecule has 1 aromatic heterocycles. The minimum Gasteiger partial charge on any atom is -0.467 e.